The number of nitrogens with one attached hydrogen (secondary N) is 1. The zero-order valence-corrected chi connectivity index (χ0v) is 14.3. The summed E-state index contributed by atoms with van der Waals surface area (Å²) >= 11 is 0. The van der Waals surface area contributed by atoms with Gasteiger partial charge in [-0.25, -0.2) is 0 Å². The maximum atomic E-state index is 12.4. The Hall–Kier alpha value is -2.29. The summed E-state index contributed by atoms with van der Waals surface area (Å²) in [5.74, 6) is 0.0821. The second-order valence-corrected chi connectivity index (χ2v) is 7.05. The van der Waals surface area contributed by atoms with Gasteiger partial charge >= 0.3 is 0 Å². The van der Waals surface area contributed by atoms with Gasteiger partial charge in [-0.3, -0.25) is 4.79 Å². The van der Waals surface area contributed by atoms with Crippen LogP contribution in [0.3, 0.4) is 0 Å². The van der Waals surface area contributed by atoms with Crippen LogP contribution in [0.4, 0.5) is 5.69 Å². The highest BCUT2D eigenvalue weighted by molar-refractivity contribution is 5.78. The molecular weight excluding hydrogens is 296 g/mol. The minimum absolute atomic E-state index is 0.0821. The summed E-state index contributed by atoms with van der Waals surface area (Å²) in [5.41, 5.74) is 10.2. The molecule has 0 radical (unpaired) electrons. The van der Waals surface area contributed by atoms with Crippen LogP contribution in [0.5, 0.6) is 0 Å². The Balaban J connectivity index is 1.66. The number of anilines is 1. The van der Waals surface area contributed by atoms with Gasteiger partial charge in [0.2, 0.25) is 5.91 Å². The van der Waals surface area contributed by atoms with Crippen LogP contribution in [0, 0.1) is 6.92 Å². The van der Waals surface area contributed by atoms with E-state index in [1.54, 1.807) is 0 Å². The molecule has 2 aromatic rings. The third kappa shape index (κ3) is 3.78. The molecular formula is C21H26N2O. The molecule has 1 aliphatic rings. The average molecular weight is 322 g/mol. The van der Waals surface area contributed by atoms with Crippen molar-refractivity contribution < 1.29 is 4.79 Å². The zero-order chi connectivity index (χ0) is 17.0. The maximum absolute atomic E-state index is 12.4. The quantitative estimate of drug-likeness (QED) is 0.824. The minimum Gasteiger partial charge on any atom is -0.399 e. The molecule has 0 aliphatic heterocycles. The molecule has 2 aromatic carbocycles. The van der Waals surface area contributed by atoms with Gasteiger partial charge in [0, 0.05) is 17.6 Å². The summed E-state index contributed by atoms with van der Waals surface area (Å²) in [5, 5.41) is 3.18. The molecule has 0 bridgehead atoms. The molecule has 3 N–H and O–H groups in total. The van der Waals surface area contributed by atoms with Crippen LogP contribution in [0.25, 0.3) is 0 Å². The van der Waals surface area contributed by atoms with E-state index in [9.17, 15) is 4.79 Å². The van der Waals surface area contributed by atoms with E-state index in [1.165, 1.54) is 24.0 Å². The van der Waals surface area contributed by atoms with Crippen molar-refractivity contribution in [3.05, 3.63) is 65.2 Å². The molecule has 0 atom stereocenters. The summed E-state index contributed by atoms with van der Waals surface area (Å²) in [7, 11) is 0. The maximum Gasteiger partial charge on any atom is 0.224 e. The lowest BCUT2D eigenvalue weighted by atomic mass is 9.78. The molecule has 1 saturated carbocycles. The molecule has 0 spiro atoms. The van der Waals surface area contributed by atoms with Gasteiger partial charge in [-0.15, -0.1) is 0 Å². The van der Waals surface area contributed by atoms with Crippen molar-refractivity contribution >= 4 is 11.6 Å². The largest absolute Gasteiger partial charge is 0.399 e. The first-order chi connectivity index (χ1) is 11.6. The number of amides is 1. The van der Waals surface area contributed by atoms with Gasteiger partial charge in [0.05, 0.1) is 6.42 Å². The predicted octanol–water partition coefficient (Wildman–Crippen LogP) is 3.75. The Labute approximate surface area is 144 Å². The Kier molecular flexibility index (Phi) is 4.89. The first kappa shape index (κ1) is 16.6. The number of hydrogen-bond donors (Lipinski definition) is 2. The lowest BCUT2D eigenvalue weighted by molar-refractivity contribution is -0.120. The molecule has 126 valence electrons. The normalized spacial score (nSPS) is 16.0. The van der Waals surface area contributed by atoms with Crippen LogP contribution < -0.4 is 11.1 Å². The fourth-order valence-corrected chi connectivity index (χ4v) is 3.75. The van der Waals surface area contributed by atoms with Crippen molar-refractivity contribution in [2.75, 3.05) is 12.3 Å². The van der Waals surface area contributed by atoms with E-state index in [2.05, 4.69) is 36.5 Å². The van der Waals surface area contributed by atoms with Gasteiger partial charge in [-0.05, 0) is 43.0 Å². The first-order valence-electron chi connectivity index (χ1n) is 8.76. The van der Waals surface area contributed by atoms with Crippen molar-refractivity contribution in [3.63, 3.8) is 0 Å². The summed E-state index contributed by atoms with van der Waals surface area (Å²) in [6.07, 6.45) is 5.19. The third-order valence-corrected chi connectivity index (χ3v) is 5.16. The topological polar surface area (TPSA) is 55.1 Å². The highest BCUT2D eigenvalue weighted by atomic mass is 16.1. The number of rotatable bonds is 5. The molecule has 0 saturated heterocycles. The van der Waals surface area contributed by atoms with E-state index >= 15 is 0 Å². The monoisotopic (exact) mass is 322 g/mol. The van der Waals surface area contributed by atoms with Crippen LogP contribution in [-0.2, 0) is 16.6 Å². The summed E-state index contributed by atoms with van der Waals surface area (Å²) < 4.78 is 0. The smallest absolute Gasteiger partial charge is 0.224 e. The van der Waals surface area contributed by atoms with Crippen molar-refractivity contribution in [3.8, 4) is 0 Å². The molecule has 3 nitrogen and oxygen atoms in total. The van der Waals surface area contributed by atoms with E-state index < -0.39 is 0 Å². The molecule has 24 heavy (non-hydrogen) atoms. The molecule has 1 fully saturated rings. The van der Waals surface area contributed by atoms with Crippen LogP contribution in [0.1, 0.15) is 42.4 Å². The van der Waals surface area contributed by atoms with E-state index in [4.69, 9.17) is 5.73 Å². The lowest BCUT2D eigenvalue weighted by Gasteiger charge is -2.30. The highest BCUT2D eigenvalue weighted by Crippen LogP contribution is 2.40. The molecule has 1 amide bonds. The van der Waals surface area contributed by atoms with E-state index in [1.807, 2.05) is 24.3 Å². The van der Waals surface area contributed by atoms with Gasteiger partial charge in [0.1, 0.15) is 0 Å². The van der Waals surface area contributed by atoms with Crippen LogP contribution in [0.2, 0.25) is 0 Å². The molecule has 1 aliphatic carbocycles. The number of hydrogen-bond acceptors (Lipinski definition) is 2. The van der Waals surface area contributed by atoms with Gasteiger partial charge in [-0.1, -0.05) is 54.8 Å². The van der Waals surface area contributed by atoms with Gasteiger partial charge in [0.15, 0.2) is 0 Å². The van der Waals surface area contributed by atoms with Crippen molar-refractivity contribution in [2.45, 2.75) is 44.4 Å². The van der Waals surface area contributed by atoms with Crippen molar-refractivity contribution in [1.29, 1.82) is 0 Å². The third-order valence-electron chi connectivity index (χ3n) is 5.16. The van der Waals surface area contributed by atoms with Crippen LogP contribution >= 0.6 is 0 Å². The fourth-order valence-electron chi connectivity index (χ4n) is 3.75. The Bertz CT molecular complexity index is 700. The Morgan fingerprint density at radius 3 is 2.50 bits per heavy atom. The lowest BCUT2D eigenvalue weighted by Crippen LogP contribution is -2.39. The molecule has 0 aromatic heterocycles. The Morgan fingerprint density at radius 2 is 1.83 bits per heavy atom. The SMILES string of the molecule is Cc1cccc(C2(CNC(=O)Cc3ccc(N)cc3)CCCC2)c1. The predicted molar refractivity (Wildman–Crippen MR) is 98.9 cm³/mol. The van der Waals surface area contributed by atoms with Crippen LogP contribution in [0.15, 0.2) is 48.5 Å². The van der Waals surface area contributed by atoms with Crippen LogP contribution in [-0.4, -0.2) is 12.5 Å². The minimum atomic E-state index is 0.0821. The second kappa shape index (κ2) is 7.08. The number of carbonyl (C=O) groups excluding carboxylic acids is 1. The van der Waals surface area contributed by atoms with E-state index in [0.29, 0.717) is 6.42 Å². The summed E-state index contributed by atoms with van der Waals surface area (Å²) in [4.78, 5) is 12.4. The highest BCUT2D eigenvalue weighted by Gasteiger charge is 2.35. The Morgan fingerprint density at radius 1 is 1.12 bits per heavy atom. The average Bonchev–Trinajstić information content (AvgIpc) is 3.05. The number of nitrogens with two attached hydrogens (primary N) is 1. The molecule has 0 heterocycles. The van der Waals surface area contributed by atoms with Gasteiger partial charge in [0.25, 0.3) is 0 Å². The number of nitrogen functional groups attached to an aromatic ring is 1. The summed E-state index contributed by atoms with van der Waals surface area (Å²) in [6.45, 7) is 2.86. The van der Waals surface area contributed by atoms with Crippen molar-refractivity contribution in [2.24, 2.45) is 0 Å². The van der Waals surface area contributed by atoms with Gasteiger partial charge in [-0.2, -0.15) is 0 Å². The molecule has 3 heteroatoms. The standard InChI is InChI=1S/C21H26N2O/c1-16-5-4-6-18(13-16)21(11-2-3-12-21)15-23-20(24)14-17-7-9-19(22)10-8-17/h4-10,13H,2-3,11-12,14-15,22H2,1H3,(H,23,24). The zero-order valence-electron chi connectivity index (χ0n) is 14.3. The summed E-state index contributed by atoms with van der Waals surface area (Å²) in [6, 6.07) is 16.3. The van der Waals surface area contributed by atoms with Crippen molar-refractivity contribution in [1.82, 2.24) is 5.32 Å². The van der Waals surface area contributed by atoms with Gasteiger partial charge < -0.3 is 11.1 Å². The number of benzene rings is 2. The number of aryl methyl sites for hydroxylation is 1. The second-order valence-electron chi connectivity index (χ2n) is 7.05. The fraction of sp³-hybridized carbons (Fsp3) is 0.381. The first-order valence-corrected chi connectivity index (χ1v) is 8.76. The number of carbonyl (C=O) groups is 1. The molecule has 3 rings (SSSR count). The van der Waals surface area contributed by atoms with E-state index in [-0.39, 0.29) is 11.3 Å². The van der Waals surface area contributed by atoms with E-state index in [0.717, 1.165) is 30.6 Å². The molecule has 0 unspecified atom stereocenters.